The van der Waals surface area contributed by atoms with Crippen molar-refractivity contribution >= 4 is 11.6 Å². The van der Waals surface area contributed by atoms with Gasteiger partial charge in [-0.25, -0.2) is 0 Å². The summed E-state index contributed by atoms with van der Waals surface area (Å²) in [5.41, 5.74) is 7.24. The number of aromatic nitrogens is 2. The highest BCUT2D eigenvalue weighted by molar-refractivity contribution is 5.85. The van der Waals surface area contributed by atoms with E-state index in [-0.39, 0.29) is 12.5 Å². The van der Waals surface area contributed by atoms with Gasteiger partial charge in [-0.3, -0.25) is 4.79 Å². The lowest BCUT2D eigenvalue weighted by atomic mass is 10.1. The van der Waals surface area contributed by atoms with Crippen LogP contribution in [0, 0.1) is 0 Å². The van der Waals surface area contributed by atoms with E-state index in [1.165, 1.54) is 0 Å². The molecule has 1 amide bonds. The number of anilines is 1. The van der Waals surface area contributed by atoms with Crippen molar-refractivity contribution in [2.24, 2.45) is 5.73 Å². The molecule has 0 spiro atoms. The number of nitrogens with zero attached hydrogens (tertiary/aromatic N) is 3. The molecule has 2 heterocycles. The fraction of sp³-hybridized carbons (Fsp3) is 0.308. The number of hydrogen-bond donors (Lipinski definition) is 2. The van der Waals surface area contributed by atoms with Gasteiger partial charge in [0.15, 0.2) is 0 Å². The first kappa shape index (κ1) is 12.6. The molecular weight excluding hydrogens is 258 g/mol. The van der Waals surface area contributed by atoms with Gasteiger partial charge in [-0.05, 0) is 12.1 Å². The van der Waals surface area contributed by atoms with Crippen LogP contribution in [-0.4, -0.2) is 35.7 Å². The molecule has 1 fully saturated rings. The molecule has 7 heteroatoms. The molecule has 0 atom stereocenters. The van der Waals surface area contributed by atoms with Crippen molar-refractivity contribution in [3.05, 3.63) is 30.2 Å². The first-order valence-electron chi connectivity index (χ1n) is 6.41. The normalized spacial score (nSPS) is 15.2. The molecular formula is C13H15N5O2. The van der Waals surface area contributed by atoms with Gasteiger partial charge in [-0.2, -0.15) is 4.98 Å². The highest BCUT2D eigenvalue weighted by atomic mass is 16.5. The minimum Gasteiger partial charge on any atom is -0.360 e. The summed E-state index contributed by atoms with van der Waals surface area (Å²) in [5, 5.41) is 6.75. The Balaban J connectivity index is 1.97. The summed E-state index contributed by atoms with van der Waals surface area (Å²) in [7, 11) is 0. The second-order valence-corrected chi connectivity index (χ2v) is 4.50. The van der Waals surface area contributed by atoms with Gasteiger partial charge in [0.05, 0.1) is 13.1 Å². The Morgan fingerprint density at radius 1 is 1.40 bits per heavy atom. The van der Waals surface area contributed by atoms with E-state index in [1.54, 1.807) is 0 Å². The minimum atomic E-state index is 0.0156. The van der Waals surface area contributed by atoms with E-state index in [0.717, 1.165) is 17.8 Å². The van der Waals surface area contributed by atoms with Crippen molar-refractivity contribution in [3.8, 4) is 11.4 Å². The molecule has 0 aliphatic carbocycles. The summed E-state index contributed by atoms with van der Waals surface area (Å²) in [5.74, 6) is 0.903. The average Bonchev–Trinajstić information content (AvgIpc) is 2.96. The zero-order valence-electron chi connectivity index (χ0n) is 10.9. The molecule has 1 aromatic carbocycles. The van der Waals surface area contributed by atoms with Crippen LogP contribution in [0.5, 0.6) is 0 Å². The monoisotopic (exact) mass is 273 g/mol. The molecule has 0 saturated carbocycles. The zero-order valence-corrected chi connectivity index (χ0v) is 10.9. The number of nitrogens with two attached hydrogens (primary N) is 1. The Bertz CT molecular complexity index is 625. The van der Waals surface area contributed by atoms with Gasteiger partial charge in [0.1, 0.15) is 0 Å². The highest BCUT2D eigenvalue weighted by Gasteiger charge is 2.21. The second kappa shape index (κ2) is 5.30. The van der Waals surface area contributed by atoms with Gasteiger partial charge in [0.2, 0.25) is 17.6 Å². The largest absolute Gasteiger partial charge is 0.360 e. The number of piperazine rings is 1. The number of para-hydroxylation sites is 1. The van der Waals surface area contributed by atoms with Crippen LogP contribution in [-0.2, 0) is 11.3 Å². The third-order valence-electron chi connectivity index (χ3n) is 3.17. The number of amides is 1. The molecule has 20 heavy (non-hydrogen) atoms. The molecule has 104 valence electrons. The number of hydrogen-bond acceptors (Lipinski definition) is 6. The Hall–Kier alpha value is -2.41. The molecule has 3 N–H and O–H groups in total. The maximum atomic E-state index is 11.5. The molecule has 0 unspecified atom stereocenters. The number of benzene rings is 1. The summed E-state index contributed by atoms with van der Waals surface area (Å²) >= 11 is 0. The minimum absolute atomic E-state index is 0.0156. The summed E-state index contributed by atoms with van der Waals surface area (Å²) in [6.07, 6.45) is 0. The third kappa shape index (κ3) is 2.35. The molecule has 0 bridgehead atoms. The van der Waals surface area contributed by atoms with Crippen molar-refractivity contribution in [3.63, 3.8) is 0 Å². The van der Waals surface area contributed by atoms with E-state index < -0.39 is 0 Å². The lowest BCUT2D eigenvalue weighted by Gasteiger charge is -2.29. The molecule has 1 saturated heterocycles. The topological polar surface area (TPSA) is 97.3 Å². The number of rotatable bonds is 3. The standard InChI is InChI=1S/C13H15N5O2/c14-7-12-16-13(17-20-12)9-3-1-2-4-10(9)18-6-5-15-11(19)8-18/h1-4H,5-8,14H2,(H,15,19). The van der Waals surface area contributed by atoms with Gasteiger partial charge in [0, 0.05) is 24.3 Å². The smallest absolute Gasteiger partial charge is 0.240 e. The van der Waals surface area contributed by atoms with Gasteiger partial charge in [0.25, 0.3) is 0 Å². The first-order chi connectivity index (χ1) is 9.78. The molecule has 1 aliphatic heterocycles. The fourth-order valence-electron chi connectivity index (χ4n) is 2.23. The second-order valence-electron chi connectivity index (χ2n) is 4.50. The van der Waals surface area contributed by atoms with E-state index in [2.05, 4.69) is 15.5 Å². The molecule has 3 rings (SSSR count). The molecule has 1 aliphatic rings. The maximum Gasteiger partial charge on any atom is 0.240 e. The van der Waals surface area contributed by atoms with Crippen LogP contribution < -0.4 is 16.0 Å². The van der Waals surface area contributed by atoms with E-state index in [0.29, 0.717) is 24.8 Å². The van der Waals surface area contributed by atoms with Gasteiger partial charge >= 0.3 is 0 Å². The molecule has 7 nitrogen and oxygen atoms in total. The SMILES string of the molecule is NCc1nc(-c2ccccc2N2CCNC(=O)C2)no1. The third-order valence-corrected chi connectivity index (χ3v) is 3.17. The Kier molecular flexibility index (Phi) is 3.34. The maximum absolute atomic E-state index is 11.5. The Labute approximate surface area is 115 Å². The van der Waals surface area contributed by atoms with Crippen LogP contribution in [0.4, 0.5) is 5.69 Å². The average molecular weight is 273 g/mol. The van der Waals surface area contributed by atoms with Crippen molar-refractivity contribution in [2.75, 3.05) is 24.5 Å². The predicted octanol–water partition coefficient (Wildman–Crippen LogP) is 0.131. The Morgan fingerprint density at radius 2 is 2.25 bits per heavy atom. The number of carbonyl (C=O) groups excluding carboxylic acids is 1. The van der Waals surface area contributed by atoms with Gasteiger partial charge in [-0.15, -0.1) is 0 Å². The summed E-state index contributed by atoms with van der Waals surface area (Å²) < 4.78 is 5.05. The van der Waals surface area contributed by atoms with Gasteiger partial charge in [-0.1, -0.05) is 17.3 Å². The van der Waals surface area contributed by atoms with Crippen molar-refractivity contribution in [1.82, 2.24) is 15.5 Å². The molecule has 0 radical (unpaired) electrons. The quantitative estimate of drug-likeness (QED) is 0.825. The lowest BCUT2D eigenvalue weighted by molar-refractivity contribution is -0.120. The zero-order chi connectivity index (χ0) is 13.9. The van der Waals surface area contributed by atoms with Crippen LogP contribution in [0.25, 0.3) is 11.4 Å². The number of nitrogens with one attached hydrogen (secondary N) is 1. The highest BCUT2D eigenvalue weighted by Crippen LogP contribution is 2.29. The van der Waals surface area contributed by atoms with Crippen LogP contribution in [0.3, 0.4) is 0 Å². The van der Waals surface area contributed by atoms with Crippen LogP contribution >= 0.6 is 0 Å². The lowest BCUT2D eigenvalue weighted by Crippen LogP contribution is -2.47. The molecule has 1 aromatic heterocycles. The number of carbonyl (C=O) groups is 1. The van der Waals surface area contributed by atoms with Crippen molar-refractivity contribution < 1.29 is 9.32 Å². The Morgan fingerprint density at radius 3 is 3.00 bits per heavy atom. The van der Waals surface area contributed by atoms with Crippen molar-refractivity contribution in [2.45, 2.75) is 6.54 Å². The summed E-state index contributed by atoms with van der Waals surface area (Å²) in [4.78, 5) is 17.8. The van der Waals surface area contributed by atoms with E-state index in [9.17, 15) is 4.79 Å². The van der Waals surface area contributed by atoms with Crippen LogP contribution in [0.2, 0.25) is 0 Å². The van der Waals surface area contributed by atoms with E-state index in [4.69, 9.17) is 10.3 Å². The van der Waals surface area contributed by atoms with Crippen molar-refractivity contribution in [1.29, 1.82) is 0 Å². The summed E-state index contributed by atoms with van der Waals surface area (Å²) in [6.45, 7) is 1.93. The van der Waals surface area contributed by atoms with E-state index >= 15 is 0 Å². The van der Waals surface area contributed by atoms with Crippen LogP contribution in [0.15, 0.2) is 28.8 Å². The summed E-state index contributed by atoms with van der Waals surface area (Å²) in [6, 6.07) is 7.69. The molecule has 2 aromatic rings. The van der Waals surface area contributed by atoms with E-state index in [1.807, 2.05) is 29.2 Å². The first-order valence-corrected chi connectivity index (χ1v) is 6.41. The van der Waals surface area contributed by atoms with Gasteiger partial charge < -0.3 is 20.5 Å². The predicted molar refractivity (Wildman–Crippen MR) is 72.8 cm³/mol. The fourth-order valence-corrected chi connectivity index (χ4v) is 2.23. The van der Waals surface area contributed by atoms with Crippen LogP contribution in [0.1, 0.15) is 5.89 Å².